The van der Waals surface area contributed by atoms with Gasteiger partial charge in [-0.05, 0) is 43.2 Å². The number of thiophene rings is 1. The highest BCUT2D eigenvalue weighted by Gasteiger charge is 2.06. The third-order valence-corrected chi connectivity index (χ3v) is 3.66. The van der Waals surface area contributed by atoms with E-state index in [4.69, 9.17) is 17.3 Å². The summed E-state index contributed by atoms with van der Waals surface area (Å²) in [5.41, 5.74) is 8.81. The lowest BCUT2D eigenvalue weighted by Crippen LogP contribution is -1.87. The molecule has 0 fully saturated rings. The summed E-state index contributed by atoms with van der Waals surface area (Å²) in [4.78, 5) is 2.63. The average molecular weight is 238 g/mol. The number of halogens is 1. The van der Waals surface area contributed by atoms with Crippen LogP contribution in [0.15, 0.2) is 24.3 Å². The first-order valence-electron chi connectivity index (χ1n) is 4.70. The molecule has 0 saturated heterocycles. The molecule has 0 aliphatic rings. The van der Waals surface area contributed by atoms with Crippen LogP contribution in [-0.4, -0.2) is 0 Å². The van der Waals surface area contributed by atoms with Gasteiger partial charge < -0.3 is 5.73 Å². The van der Waals surface area contributed by atoms with E-state index in [2.05, 4.69) is 19.9 Å². The third kappa shape index (κ3) is 2.01. The Balaban J connectivity index is 2.54. The fraction of sp³-hybridized carbons (Fsp3) is 0.167. The molecule has 0 atom stereocenters. The van der Waals surface area contributed by atoms with Crippen molar-refractivity contribution in [3.63, 3.8) is 0 Å². The van der Waals surface area contributed by atoms with Gasteiger partial charge >= 0.3 is 0 Å². The Morgan fingerprint density at radius 3 is 2.47 bits per heavy atom. The van der Waals surface area contributed by atoms with E-state index in [0.29, 0.717) is 10.7 Å². The Kier molecular flexibility index (Phi) is 2.72. The van der Waals surface area contributed by atoms with Gasteiger partial charge in [-0.1, -0.05) is 17.7 Å². The van der Waals surface area contributed by atoms with E-state index < -0.39 is 0 Å². The summed E-state index contributed by atoms with van der Waals surface area (Å²) in [6.07, 6.45) is 0. The van der Waals surface area contributed by atoms with Crippen molar-refractivity contribution in [3.8, 4) is 11.1 Å². The molecule has 0 aliphatic carbocycles. The molecular formula is C12H12ClNS. The van der Waals surface area contributed by atoms with E-state index in [9.17, 15) is 0 Å². The Morgan fingerprint density at radius 1 is 1.20 bits per heavy atom. The molecule has 1 aromatic heterocycles. The number of benzene rings is 1. The lowest BCUT2D eigenvalue weighted by molar-refractivity contribution is 1.56. The zero-order valence-electron chi connectivity index (χ0n) is 8.67. The summed E-state index contributed by atoms with van der Waals surface area (Å²) in [7, 11) is 0. The van der Waals surface area contributed by atoms with E-state index in [-0.39, 0.29) is 0 Å². The first-order chi connectivity index (χ1) is 7.08. The monoisotopic (exact) mass is 237 g/mol. The van der Waals surface area contributed by atoms with Gasteiger partial charge in [-0.15, -0.1) is 11.3 Å². The van der Waals surface area contributed by atoms with Gasteiger partial charge in [0.15, 0.2) is 0 Å². The summed E-state index contributed by atoms with van der Waals surface area (Å²) in [5.74, 6) is 0. The molecule has 0 amide bonds. The highest BCUT2D eigenvalue weighted by atomic mass is 35.5. The number of hydrogen-bond donors (Lipinski definition) is 1. The normalized spacial score (nSPS) is 10.6. The summed E-state index contributed by atoms with van der Waals surface area (Å²) in [6, 6.07) is 7.96. The van der Waals surface area contributed by atoms with Gasteiger partial charge in [-0.3, -0.25) is 0 Å². The minimum Gasteiger partial charge on any atom is -0.398 e. The first-order valence-corrected chi connectivity index (χ1v) is 5.90. The molecule has 3 heteroatoms. The van der Waals surface area contributed by atoms with Gasteiger partial charge in [0.25, 0.3) is 0 Å². The maximum absolute atomic E-state index is 5.89. The molecule has 2 N–H and O–H groups in total. The van der Waals surface area contributed by atoms with Crippen LogP contribution in [0.1, 0.15) is 9.75 Å². The van der Waals surface area contributed by atoms with Crippen LogP contribution in [-0.2, 0) is 0 Å². The van der Waals surface area contributed by atoms with E-state index in [1.165, 1.54) is 15.3 Å². The average Bonchev–Trinajstić information content (AvgIpc) is 2.50. The second-order valence-corrected chi connectivity index (χ2v) is 5.43. The van der Waals surface area contributed by atoms with Crippen molar-refractivity contribution < 1.29 is 0 Å². The maximum Gasteiger partial charge on any atom is 0.0635 e. The largest absolute Gasteiger partial charge is 0.398 e. The number of anilines is 1. The van der Waals surface area contributed by atoms with Crippen LogP contribution in [0, 0.1) is 13.8 Å². The fourth-order valence-electron chi connectivity index (χ4n) is 1.63. The van der Waals surface area contributed by atoms with Crippen LogP contribution >= 0.6 is 22.9 Å². The van der Waals surface area contributed by atoms with Gasteiger partial charge in [-0.25, -0.2) is 0 Å². The molecule has 1 nitrogen and oxygen atoms in total. The smallest absolute Gasteiger partial charge is 0.0635 e. The number of rotatable bonds is 1. The van der Waals surface area contributed by atoms with Gasteiger partial charge in [0, 0.05) is 9.75 Å². The molecule has 0 bridgehead atoms. The Labute approximate surface area is 98.5 Å². The summed E-state index contributed by atoms with van der Waals surface area (Å²) >= 11 is 7.69. The Bertz CT molecular complexity index is 502. The maximum atomic E-state index is 5.89. The van der Waals surface area contributed by atoms with E-state index in [0.717, 1.165) is 5.56 Å². The molecule has 2 aromatic rings. The molecule has 2 rings (SSSR count). The molecule has 0 radical (unpaired) electrons. The van der Waals surface area contributed by atoms with Crippen LogP contribution < -0.4 is 5.73 Å². The number of nitrogen functional groups attached to an aromatic ring is 1. The SMILES string of the molecule is Cc1cc(-c2ccc(Cl)c(N)c2)c(C)s1. The van der Waals surface area contributed by atoms with Crippen LogP contribution in [0.25, 0.3) is 11.1 Å². The van der Waals surface area contributed by atoms with Crippen molar-refractivity contribution >= 4 is 28.6 Å². The molecular weight excluding hydrogens is 226 g/mol. The fourth-order valence-corrected chi connectivity index (χ4v) is 2.69. The van der Waals surface area contributed by atoms with Crippen LogP contribution in [0.3, 0.4) is 0 Å². The number of nitrogens with two attached hydrogens (primary N) is 1. The predicted octanol–water partition coefficient (Wildman–Crippen LogP) is 4.27. The van der Waals surface area contributed by atoms with Crippen molar-refractivity contribution in [2.75, 3.05) is 5.73 Å². The Hall–Kier alpha value is -0.990. The highest BCUT2D eigenvalue weighted by Crippen LogP contribution is 2.33. The van der Waals surface area contributed by atoms with Crippen molar-refractivity contribution in [1.82, 2.24) is 0 Å². The second-order valence-electron chi connectivity index (χ2n) is 3.56. The molecule has 78 valence electrons. The Morgan fingerprint density at radius 2 is 1.93 bits per heavy atom. The van der Waals surface area contributed by atoms with Crippen LogP contribution in [0.5, 0.6) is 0 Å². The van der Waals surface area contributed by atoms with Crippen molar-refractivity contribution in [2.45, 2.75) is 13.8 Å². The van der Waals surface area contributed by atoms with Gasteiger partial charge in [-0.2, -0.15) is 0 Å². The summed E-state index contributed by atoms with van der Waals surface area (Å²) in [5, 5.41) is 0.614. The van der Waals surface area contributed by atoms with Gasteiger partial charge in [0.1, 0.15) is 0 Å². The van der Waals surface area contributed by atoms with Crippen molar-refractivity contribution in [1.29, 1.82) is 0 Å². The van der Waals surface area contributed by atoms with Gasteiger partial charge in [0.2, 0.25) is 0 Å². The molecule has 0 spiro atoms. The standard InChI is InChI=1S/C12H12ClNS/c1-7-5-10(8(2)15-7)9-3-4-11(13)12(14)6-9/h3-6H,14H2,1-2H3. The summed E-state index contributed by atoms with van der Waals surface area (Å²) in [6.45, 7) is 4.23. The molecule has 0 unspecified atom stereocenters. The van der Waals surface area contributed by atoms with Crippen molar-refractivity contribution in [2.24, 2.45) is 0 Å². The summed E-state index contributed by atoms with van der Waals surface area (Å²) < 4.78 is 0. The minimum atomic E-state index is 0.614. The molecule has 1 aromatic carbocycles. The first kappa shape index (κ1) is 10.5. The molecule has 1 heterocycles. The second kappa shape index (κ2) is 3.87. The van der Waals surface area contributed by atoms with Gasteiger partial charge in [0.05, 0.1) is 10.7 Å². The number of hydrogen-bond acceptors (Lipinski definition) is 2. The minimum absolute atomic E-state index is 0.614. The van der Waals surface area contributed by atoms with E-state index in [1.54, 1.807) is 11.3 Å². The topological polar surface area (TPSA) is 26.0 Å². The third-order valence-electron chi connectivity index (χ3n) is 2.35. The van der Waals surface area contributed by atoms with E-state index in [1.807, 2.05) is 18.2 Å². The molecule has 0 saturated carbocycles. The highest BCUT2D eigenvalue weighted by molar-refractivity contribution is 7.12. The zero-order chi connectivity index (χ0) is 11.0. The molecule has 0 aliphatic heterocycles. The quantitative estimate of drug-likeness (QED) is 0.737. The molecule has 15 heavy (non-hydrogen) atoms. The zero-order valence-corrected chi connectivity index (χ0v) is 10.2. The number of aryl methyl sites for hydroxylation is 2. The lowest BCUT2D eigenvalue weighted by atomic mass is 10.1. The van der Waals surface area contributed by atoms with E-state index >= 15 is 0 Å². The lowest BCUT2D eigenvalue weighted by Gasteiger charge is -2.03. The van der Waals surface area contributed by atoms with Crippen LogP contribution in [0.2, 0.25) is 5.02 Å². The van der Waals surface area contributed by atoms with Crippen LogP contribution in [0.4, 0.5) is 5.69 Å². The van der Waals surface area contributed by atoms with Crippen molar-refractivity contribution in [3.05, 3.63) is 39.0 Å². The predicted molar refractivity (Wildman–Crippen MR) is 68.7 cm³/mol.